The van der Waals surface area contributed by atoms with Gasteiger partial charge in [-0.1, -0.05) is 36.4 Å². The van der Waals surface area contributed by atoms with Gasteiger partial charge in [0.05, 0.1) is 11.6 Å². The van der Waals surface area contributed by atoms with Crippen molar-refractivity contribution < 1.29 is 9.53 Å². The molecule has 3 aromatic rings. The standard InChI is InChI=1S/C27H30N4O2/c1-29(2)17-18-33-25-10-6-5-9-23(25)27(32)31-15-13-30(14-16-31)26-21-8-4-3-7-20(21)24-19-28-12-11-22(24)26/h3-12,19,26H,13-18H2,1-2H3. The van der Waals surface area contributed by atoms with Crippen LogP contribution in [-0.2, 0) is 0 Å². The van der Waals surface area contributed by atoms with E-state index in [1.165, 1.54) is 22.3 Å². The molecule has 1 unspecified atom stereocenters. The average Bonchev–Trinajstić information content (AvgIpc) is 3.18. The zero-order valence-corrected chi connectivity index (χ0v) is 19.3. The summed E-state index contributed by atoms with van der Waals surface area (Å²) in [5, 5.41) is 0. The van der Waals surface area contributed by atoms with Crippen molar-refractivity contribution in [3.63, 3.8) is 0 Å². The maximum Gasteiger partial charge on any atom is 0.257 e. The van der Waals surface area contributed by atoms with Crippen molar-refractivity contribution in [3.8, 4) is 16.9 Å². The van der Waals surface area contributed by atoms with Crippen molar-refractivity contribution in [1.29, 1.82) is 0 Å². The number of carbonyl (C=O) groups excluding carboxylic acids is 1. The minimum Gasteiger partial charge on any atom is -0.491 e. The van der Waals surface area contributed by atoms with E-state index in [1.54, 1.807) is 0 Å². The zero-order chi connectivity index (χ0) is 22.8. The van der Waals surface area contributed by atoms with Crippen LogP contribution in [0.5, 0.6) is 5.75 Å². The summed E-state index contributed by atoms with van der Waals surface area (Å²) in [6.07, 6.45) is 3.85. The summed E-state index contributed by atoms with van der Waals surface area (Å²) in [6.45, 7) is 4.42. The number of ether oxygens (including phenoxy) is 1. The fourth-order valence-corrected chi connectivity index (χ4v) is 4.87. The van der Waals surface area contributed by atoms with E-state index in [-0.39, 0.29) is 11.9 Å². The third-order valence-corrected chi connectivity index (χ3v) is 6.58. The SMILES string of the molecule is CN(C)CCOc1ccccc1C(=O)N1CCN(C2c3ccccc3-c3cnccc32)CC1. The lowest BCUT2D eigenvalue weighted by atomic mass is 10.0. The van der Waals surface area contributed by atoms with Gasteiger partial charge in [-0.05, 0) is 49.0 Å². The van der Waals surface area contributed by atoms with Crippen LogP contribution < -0.4 is 4.74 Å². The van der Waals surface area contributed by atoms with E-state index in [0.717, 1.165) is 19.6 Å². The fourth-order valence-electron chi connectivity index (χ4n) is 4.87. The Morgan fingerprint density at radius 3 is 2.52 bits per heavy atom. The highest BCUT2D eigenvalue weighted by Gasteiger charge is 2.35. The topological polar surface area (TPSA) is 48.9 Å². The quantitative estimate of drug-likeness (QED) is 0.584. The molecule has 0 spiro atoms. The van der Waals surface area contributed by atoms with Crippen molar-refractivity contribution in [3.05, 3.63) is 83.7 Å². The lowest BCUT2D eigenvalue weighted by molar-refractivity contribution is 0.0595. The van der Waals surface area contributed by atoms with Gasteiger partial charge in [-0.15, -0.1) is 0 Å². The maximum absolute atomic E-state index is 13.4. The number of piperazine rings is 1. The number of amides is 1. The van der Waals surface area contributed by atoms with Gasteiger partial charge >= 0.3 is 0 Å². The summed E-state index contributed by atoms with van der Waals surface area (Å²) >= 11 is 0. The van der Waals surface area contributed by atoms with E-state index < -0.39 is 0 Å². The van der Waals surface area contributed by atoms with Crippen LogP contribution in [-0.4, -0.2) is 79.0 Å². The van der Waals surface area contributed by atoms with E-state index in [1.807, 2.05) is 55.7 Å². The van der Waals surface area contributed by atoms with Gasteiger partial charge in [-0.3, -0.25) is 14.7 Å². The van der Waals surface area contributed by atoms with Crippen LogP contribution in [0, 0.1) is 0 Å². The van der Waals surface area contributed by atoms with Gasteiger partial charge < -0.3 is 14.5 Å². The minimum atomic E-state index is 0.0477. The van der Waals surface area contributed by atoms with Crippen molar-refractivity contribution in [2.45, 2.75) is 6.04 Å². The minimum absolute atomic E-state index is 0.0477. The second-order valence-electron chi connectivity index (χ2n) is 8.93. The first kappa shape index (κ1) is 21.6. The molecule has 5 rings (SSSR count). The summed E-state index contributed by atoms with van der Waals surface area (Å²) in [7, 11) is 4.02. The van der Waals surface area contributed by atoms with E-state index in [2.05, 4.69) is 45.1 Å². The highest BCUT2D eigenvalue weighted by molar-refractivity contribution is 5.97. The number of fused-ring (bicyclic) bond motifs is 3. The second kappa shape index (κ2) is 9.33. The van der Waals surface area contributed by atoms with Crippen LogP contribution in [0.2, 0.25) is 0 Å². The summed E-state index contributed by atoms with van der Waals surface area (Å²) in [4.78, 5) is 24.2. The van der Waals surface area contributed by atoms with Crippen molar-refractivity contribution in [1.82, 2.24) is 19.7 Å². The summed E-state index contributed by atoms with van der Waals surface area (Å²) < 4.78 is 5.93. The molecule has 1 aliphatic carbocycles. The average molecular weight is 443 g/mol. The molecule has 2 heterocycles. The third-order valence-electron chi connectivity index (χ3n) is 6.58. The molecule has 33 heavy (non-hydrogen) atoms. The number of para-hydroxylation sites is 1. The Morgan fingerprint density at radius 1 is 0.970 bits per heavy atom. The first-order valence-electron chi connectivity index (χ1n) is 11.6. The van der Waals surface area contributed by atoms with Gasteiger partial charge in [0.2, 0.25) is 0 Å². The Balaban J connectivity index is 1.29. The Labute approximate surface area is 195 Å². The second-order valence-corrected chi connectivity index (χ2v) is 8.93. The molecule has 1 amide bonds. The molecule has 6 heteroatoms. The number of pyridine rings is 1. The summed E-state index contributed by atoms with van der Waals surface area (Å²) in [5.41, 5.74) is 5.78. The molecule has 0 N–H and O–H groups in total. The molecule has 0 saturated carbocycles. The van der Waals surface area contributed by atoms with Crippen LogP contribution >= 0.6 is 0 Å². The number of carbonyl (C=O) groups is 1. The monoisotopic (exact) mass is 442 g/mol. The normalized spacial score (nSPS) is 17.7. The lowest BCUT2D eigenvalue weighted by Crippen LogP contribution is -2.49. The molecule has 1 fully saturated rings. The fraction of sp³-hybridized carbons (Fsp3) is 0.333. The van der Waals surface area contributed by atoms with Gasteiger partial charge in [0, 0.05) is 50.7 Å². The van der Waals surface area contributed by atoms with E-state index in [9.17, 15) is 4.79 Å². The predicted molar refractivity (Wildman–Crippen MR) is 129 cm³/mol. The highest BCUT2D eigenvalue weighted by Crippen LogP contribution is 2.46. The number of hydrogen-bond donors (Lipinski definition) is 0. The molecule has 2 aromatic carbocycles. The van der Waals surface area contributed by atoms with Crippen molar-refractivity contribution >= 4 is 5.91 Å². The Bertz CT molecular complexity index is 1090. The van der Waals surface area contributed by atoms with Gasteiger partial charge in [0.1, 0.15) is 12.4 Å². The largest absolute Gasteiger partial charge is 0.491 e. The lowest BCUT2D eigenvalue weighted by Gasteiger charge is -2.38. The molecule has 2 aliphatic rings. The van der Waals surface area contributed by atoms with Crippen LogP contribution in [0.15, 0.2) is 67.0 Å². The highest BCUT2D eigenvalue weighted by atomic mass is 16.5. The van der Waals surface area contributed by atoms with Crippen LogP contribution in [0.25, 0.3) is 11.1 Å². The zero-order valence-electron chi connectivity index (χ0n) is 19.3. The van der Waals surface area contributed by atoms with Gasteiger partial charge in [-0.25, -0.2) is 0 Å². The number of likely N-dealkylation sites (N-methyl/N-ethyl adjacent to an activating group) is 1. The van der Waals surface area contributed by atoms with Crippen molar-refractivity contribution in [2.24, 2.45) is 0 Å². The first-order chi connectivity index (χ1) is 16.1. The molecular weight excluding hydrogens is 412 g/mol. The Hall–Kier alpha value is -3.22. The molecule has 170 valence electrons. The smallest absolute Gasteiger partial charge is 0.257 e. The van der Waals surface area contributed by atoms with E-state index in [4.69, 9.17) is 4.74 Å². The van der Waals surface area contributed by atoms with Crippen LogP contribution in [0.3, 0.4) is 0 Å². The molecule has 0 bridgehead atoms. The van der Waals surface area contributed by atoms with Crippen molar-refractivity contribution in [2.75, 3.05) is 53.4 Å². The number of hydrogen-bond acceptors (Lipinski definition) is 5. The summed E-state index contributed by atoms with van der Waals surface area (Å²) in [6, 6.07) is 18.5. The molecule has 1 saturated heterocycles. The molecule has 1 atom stereocenters. The number of aromatic nitrogens is 1. The molecule has 1 aromatic heterocycles. The summed E-state index contributed by atoms with van der Waals surface area (Å²) in [5.74, 6) is 0.712. The van der Waals surface area contributed by atoms with E-state index >= 15 is 0 Å². The number of nitrogens with zero attached hydrogens (tertiary/aromatic N) is 4. The Morgan fingerprint density at radius 2 is 1.70 bits per heavy atom. The number of benzene rings is 2. The molecular formula is C27H30N4O2. The first-order valence-corrected chi connectivity index (χ1v) is 11.6. The van der Waals surface area contributed by atoms with Gasteiger partial charge in [0.15, 0.2) is 0 Å². The third kappa shape index (κ3) is 4.24. The Kier molecular flexibility index (Phi) is 6.11. The molecule has 6 nitrogen and oxygen atoms in total. The van der Waals surface area contributed by atoms with Gasteiger partial charge in [-0.2, -0.15) is 0 Å². The molecule has 0 radical (unpaired) electrons. The van der Waals surface area contributed by atoms with Crippen LogP contribution in [0.4, 0.5) is 0 Å². The van der Waals surface area contributed by atoms with Crippen LogP contribution in [0.1, 0.15) is 27.5 Å². The van der Waals surface area contributed by atoms with E-state index in [0.29, 0.717) is 31.0 Å². The number of rotatable bonds is 6. The molecule has 1 aliphatic heterocycles. The maximum atomic E-state index is 13.4. The predicted octanol–water partition coefficient (Wildman–Crippen LogP) is 3.55. The van der Waals surface area contributed by atoms with Gasteiger partial charge in [0.25, 0.3) is 5.91 Å².